The fourth-order valence-corrected chi connectivity index (χ4v) is 2.61. The highest BCUT2D eigenvalue weighted by Gasteiger charge is 2.16. The van der Waals surface area contributed by atoms with E-state index in [-0.39, 0.29) is 5.56 Å². The summed E-state index contributed by atoms with van der Waals surface area (Å²) in [4.78, 5) is 16.8. The van der Waals surface area contributed by atoms with Crippen LogP contribution in [-0.4, -0.2) is 29.2 Å². The first-order valence-corrected chi connectivity index (χ1v) is 6.55. The Labute approximate surface area is 111 Å². The second-order valence-corrected chi connectivity index (χ2v) is 4.85. The highest BCUT2D eigenvalue weighted by atomic mass is 16.5. The Morgan fingerprint density at radius 1 is 1.53 bits per heavy atom. The summed E-state index contributed by atoms with van der Waals surface area (Å²) < 4.78 is 6.92. The van der Waals surface area contributed by atoms with Crippen molar-refractivity contribution in [3.8, 4) is 5.75 Å². The first-order valence-electron chi connectivity index (χ1n) is 6.55. The molecule has 0 aliphatic carbocycles. The third kappa shape index (κ3) is 2.21. The molecule has 1 atom stereocenters. The van der Waals surface area contributed by atoms with E-state index in [2.05, 4.69) is 10.3 Å². The molecule has 19 heavy (non-hydrogen) atoms. The van der Waals surface area contributed by atoms with Crippen molar-refractivity contribution >= 4 is 10.9 Å². The van der Waals surface area contributed by atoms with Gasteiger partial charge in [0.2, 0.25) is 0 Å². The van der Waals surface area contributed by atoms with Crippen LogP contribution in [0.5, 0.6) is 5.75 Å². The van der Waals surface area contributed by atoms with Crippen molar-refractivity contribution in [1.29, 1.82) is 0 Å². The Kier molecular flexibility index (Phi) is 3.21. The standard InChI is InChI=1S/C14H17N3O2/c1-19-12-6-2-5-11-13(12)16-9-17(14(11)18)8-10-4-3-7-15-10/h2,5-6,9-10,15H,3-4,7-8H2,1H3/t10-/m1/s1. The molecule has 0 spiro atoms. The number of nitrogens with zero attached hydrogens (tertiary/aromatic N) is 2. The van der Waals surface area contributed by atoms with E-state index in [1.165, 1.54) is 6.42 Å². The molecule has 1 aromatic heterocycles. The number of ether oxygens (including phenoxy) is 1. The van der Waals surface area contributed by atoms with Crippen LogP contribution < -0.4 is 15.6 Å². The Bertz CT molecular complexity index is 645. The van der Waals surface area contributed by atoms with Crippen LogP contribution in [0.25, 0.3) is 10.9 Å². The molecule has 0 amide bonds. The lowest BCUT2D eigenvalue weighted by molar-refractivity contribution is 0.418. The number of rotatable bonds is 3. The number of methoxy groups -OCH3 is 1. The van der Waals surface area contributed by atoms with Crippen LogP contribution in [0.1, 0.15) is 12.8 Å². The van der Waals surface area contributed by atoms with Gasteiger partial charge < -0.3 is 10.1 Å². The zero-order valence-electron chi connectivity index (χ0n) is 10.9. The molecule has 1 aromatic carbocycles. The van der Waals surface area contributed by atoms with E-state index >= 15 is 0 Å². The molecule has 100 valence electrons. The first-order chi connectivity index (χ1) is 9.29. The van der Waals surface area contributed by atoms with Crippen LogP contribution in [-0.2, 0) is 6.54 Å². The highest BCUT2D eigenvalue weighted by molar-refractivity contribution is 5.83. The number of hydrogen-bond acceptors (Lipinski definition) is 4. The van der Waals surface area contributed by atoms with E-state index in [1.54, 1.807) is 24.1 Å². The van der Waals surface area contributed by atoms with Gasteiger partial charge in [0.05, 0.1) is 18.8 Å². The minimum atomic E-state index is -0.00222. The zero-order valence-corrected chi connectivity index (χ0v) is 10.9. The largest absolute Gasteiger partial charge is 0.494 e. The van der Waals surface area contributed by atoms with Gasteiger partial charge in [-0.15, -0.1) is 0 Å². The van der Waals surface area contributed by atoms with Crippen LogP contribution in [0.3, 0.4) is 0 Å². The van der Waals surface area contributed by atoms with E-state index in [0.717, 1.165) is 13.0 Å². The average Bonchev–Trinajstić information content (AvgIpc) is 2.94. The minimum absolute atomic E-state index is 0.00222. The molecule has 1 aliphatic heterocycles. The van der Waals surface area contributed by atoms with Crippen LogP contribution in [0.15, 0.2) is 29.3 Å². The molecule has 1 fully saturated rings. The van der Waals surface area contributed by atoms with Crippen molar-refractivity contribution in [3.63, 3.8) is 0 Å². The molecule has 1 aliphatic rings. The molecular formula is C14H17N3O2. The number of nitrogens with one attached hydrogen (secondary N) is 1. The van der Waals surface area contributed by atoms with Crippen LogP contribution >= 0.6 is 0 Å². The van der Waals surface area contributed by atoms with Gasteiger partial charge in [0.25, 0.3) is 5.56 Å². The number of fused-ring (bicyclic) bond motifs is 1. The van der Waals surface area contributed by atoms with E-state index in [4.69, 9.17) is 4.74 Å². The lowest BCUT2D eigenvalue weighted by atomic mass is 10.2. The SMILES string of the molecule is COc1cccc2c(=O)n(C[C@H]3CCCN3)cnc12. The quantitative estimate of drug-likeness (QED) is 0.898. The Morgan fingerprint density at radius 3 is 3.16 bits per heavy atom. The van der Waals surface area contributed by atoms with Gasteiger partial charge in [0, 0.05) is 12.6 Å². The van der Waals surface area contributed by atoms with Crippen molar-refractivity contribution in [3.05, 3.63) is 34.9 Å². The van der Waals surface area contributed by atoms with Crippen LogP contribution in [0.2, 0.25) is 0 Å². The smallest absolute Gasteiger partial charge is 0.261 e. The van der Waals surface area contributed by atoms with Gasteiger partial charge in [-0.3, -0.25) is 9.36 Å². The fraction of sp³-hybridized carbons (Fsp3) is 0.429. The van der Waals surface area contributed by atoms with Gasteiger partial charge in [-0.25, -0.2) is 4.98 Å². The summed E-state index contributed by atoms with van der Waals surface area (Å²) in [7, 11) is 1.59. The van der Waals surface area contributed by atoms with Gasteiger partial charge in [-0.05, 0) is 31.5 Å². The van der Waals surface area contributed by atoms with E-state index in [0.29, 0.717) is 29.2 Å². The molecule has 5 heteroatoms. The summed E-state index contributed by atoms with van der Waals surface area (Å²) in [5.41, 5.74) is 0.628. The van der Waals surface area contributed by atoms with Crippen LogP contribution in [0, 0.1) is 0 Å². The highest BCUT2D eigenvalue weighted by Crippen LogP contribution is 2.20. The Balaban J connectivity index is 2.03. The summed E-state index contributed by atoms with van der Waals surface area (Å²) in [6.07, 6.45) is 3.91. The third-order valence-electron chi connectivity index (χ3n) is 3.62. The predicted octanol–water partition coefficient (Wildman–Crippen LogP) is 1.16. The first kappa shape index (κ1) is 12.2. The van der Waals surface area contributed by atoms with Crippen molar-refractivity contribution in [2.45, 2.75) is 25.4 Å². The number of hydrogen-bond donors (Lipinski definition) is 1. The number of para-hydroxylation sites is 1. The van der Waals surface area contributed by atoms with E-state index < -0.39 is 0 Å². The molecule has 2 heterocycles. The lowest BCUT2D eigenvalue weighted by Gasteiger charge is -2.13. The topological polar surface area (TPSA) is 56.1 Å². The van der Waals surface area contributed by atoms with Crippen molar-refractivity contribution in [2.24, 2.45) is 0 Å². The molecule has 2 aromatic rings. The summed E-state index contributed by atoms with van der Waals surface area (Å²) in [6.45, 7) is 1.72. The predicted molar refractivity (Wildman–Crippen MR) is 73.6 cm³/mol. The van der Waals surface area contributed by atoms with Gasteiger partial charge in [0.15, 0.2) is 0 Å². The van der Waals surface area contributed by atoms with Crippen molar-refractivity contribution in [2.75, 3.05) is 13.7 Å². The maximum Gasteiger partial charge on any atom is 0.261 e. The summed E-state index contributed by atoms with van der Waals surface area (Å²) >= 11 is 0. The zero-order chi connectivity index (χ0) is 13.2. The minimum Gasteiger partial charge on any atom is -0.494 e. The van der Waals surface area contributed by atoms with Gasteiger partial charge >= 0.3 is 0 Å². The molecular weight excluding hydrogens is 242 g/mol. The molecule has 0 radical (unpaired) electrons. The molecule has 0 saturated carbocycles. The monoisotopic (exact) mass is 259 g/mol. The fourth-order valence-electron chi connectivity index (χ4n) is 2.61. The Morgan fingerprint density at radius 2 is 2.42 bits per heavy atom. The number of benzene rings is 1. The normalized spacial score (nSPS) is 18.9. The molecule has 0 unspecified atom stereocenters. The second-order valence-electron chi connectivity index (χ2n) is 4.85. The second kappa shape index (κ2) is 5.01. The van der Waals surface area contributed by atoms with Crippen molar-refractivity contribution in [1.82, 2.24) is 14.9 Å². The summed E-state index contributed by atoms with van der Waals surface area (Å²) in [5, 5.41) is 4.00. The average molecular weight is 259 g/mol. The molecule has 3 rings (SSSR count). The summed E-state index contributed by atoms with van der Waals surface area (Å²) in [6, 6.07) is 5.81. The third-order valence-corrected chi connectivity index (χ3v) is 3.62. The maximum atomic E-state index is 12.4. The van der Waals surface area contributed by atoms with Crippen LogP contribution in [0.4, 0.5) is 0 Å². The lowest BCUT2D eigenvalue weighted by Crippen LogP contribution is -2.32. The molecule has 5 nitrogen and oxygen atoms in total. The maximum absolute atomic E-state index is 12.4. The molecule has 1 saturated heterocycles. The van der Waals surface area contributed by atoms with Gasteiger partial charge in [0.1, 0.15) is 11.3 Å². The molecule has 1 N–H and O–H groups in total. The van der Waals surface area contributed by atoms with E-state index in [9.17, 15) is 4.79 Å². The number of aromatic nitrogens is 2. The van der Waals surface area contributed by atoms with Crippen molar-refractivity contribution < 1.29 is 4.74 Å². The van der Waals surface area contributed by atoms with Gasteiger partial charge in [-0.2, -0.15) is 0 Å². The summed E-state index contributed by atoms with van der Waals surface area (Å²) in [5.74, 6) is 0.640. The van der Waals surface area contributed by atoms with E-state index in [1.807, 2.05) is 12.1 Å². The Hall–Kier alpha value is -1.88. The van der Waals surface area contributed by atoms with Gasteiger partial charge in [-0.1, -0.05) is 6.07 Å². The molecule has 0 bridgehead atoms.